The van der Waals surface area contributed by atoms with Gasteiger partial charge in [0.15, 0.2) is 11.5 Å². The van der Waals surface area contributed by atoms with E-state index in [1.807, 2.05) is 0 Å². The molecule has 28 heavy (non-hydrogen) atoms. The lowest BCUT2D eigenvalue weighted by Crippen LogP contribution is -2.50. The van der Waals surface area contributed by atoms with Crippen LogP contribution < -0.4 is 20.5 Å². The van der Waals surface area contributed by atoms with Gasteiger partial charge in [0.25, 0.3) is 0 Å². The summed E-state index contributed by atoms with van der Waals surface area (Å²) < 4.78 is 37.4. The molecule has 1 fully saturated rings. The Bertz CT molecular complexity index is 806. The zero-order valence-corrected chi connectivity index (χ0v) is 16.8. The van der Waals surface area contributed by atoms with Crippen molar-refractivity contribution in [3.05, 3.63) is 18.2 Å². The molecule has 1 aliphatic rings. The Morgan fingerprint density at radius 2 is 1.75 bits per heavy atom. The summed E-state index contributed by atoms with van der Waals surface area (Å²) in [5.41, 5.74) is 4.97. The molecule has 0 radical (unpaired) electrons. The van der Waals surface area contributed by atoms with E-state index in [4.69, 9.17) is 15.2 Å². The van der Waals surface area contributed by atoms with Crippen LogP contribution in [0.3, 0.4) is 0 Å². The minimum Gasteiger partial charge on any atom is -0.493 e. The lowest BCUT2D eigenvalue weighted by atomic mass is 10.2. The van der Waals surface area contributed by atoms with Crippen LogP contribution in [0.2, 0.25) is 0 Å². The fourth-order valence-corrected chi connectivity index (χ4v) is 4.35. The van der Waals surface area contributed by atoms with Crippen LogP contribution >= 0.6 is 0 Å². The highest BCUT2D eigenvalue weighted by Crippen LogP contribution is 2.30. The number of amides is 3. The van der Waals surface area contributed by atoms with Crippen molar-refractivity contribution in [1.82, 2.24) is 14.5 Å². The summed E-state index contributed by atoms with van der Waals surface area (Å²) >= 11 is 0. The number of piperazine rings is 1. The first-order valence-corrected chi connectivity index (χ1v) is 10.3. The van der Waals surface area contributed by atoms with Crippen molar-refractivity contribution in [2.45, 2.75) is 17.7 Å². The molecule has 0 saturated carbocycles. The number of nitrogens with two attached hydrogens (primary N) is 1. The Kier molecular flexibility index (Phi) is 7.46. The van der Waals surface area contributed by atoms with Gasteiger partial charge in [-0.25, -0.2) is 13.2 Å². The molecule has 0 spiro atoms. The molecule has 0 unspecified atom stereocenters. The first-order valence-electron chi connectivity index (χ1n) is 8.83. The van der Waals surface area contributed by atoms with Crippen molar-refractivity contribution < 1.29 is 27.5 Å². The SMILES string of the molecule is COc1ccc(S(=O)(=O)N2CCN(C(=O)CCCNC(N)=O)CC2)cc1OC. The second-order valence-electron chi connectivity index (χ2n) is 6.20. The van der Waals surface area contributed by atoms with Crippen molar-refractivity contribution in [2.75, 3.05) is 46.9 Å². The molecule has 1 saturated heterocycles. The van der Waals surface area contributed by atoms with E-state index in [1.54, 1.807) is 11.0 Å². The van der Waals surface area contributed by atoms with Gasteiger partial charge in [0.1, 0.15) is 0 Å². The normalized spacial score (nSPS) is 15.1. The molecule has 1 heterocycles. The van der Waals surface area contributed by atoms with E-state index in [0.29, 0.717) is 37.6 Å². The average Bonchev–Trinajstić information content (AvgIpc) is 2.70. The molecule has 0 bridgehead atoms. The number of ether oxygens (including phenoxy) is 2. The Morgan fingerprint density at radius 1 is 1.11 bits per heavy atom. The smallest absolute Gasteiger partial charge is 0.312 e. The average molecular weight is 414 g/mol. The maximum Gasteiger partial charge on any atom is 0.312 e. The van der Waals surface area contributed by atoms with Gasteiger partial charge in [-0.05, 0) is 18.6 Å². The standard InChI is InChI=1S/C17H26N4O6S/c1-26-14-6-5-13(12-15(14)27-2)28(24,25)21-10-8-20(9-11-21)16(22)4-3-7-19-17(18)23/h5-6,12H,3-4,7-11H2,1-2H3,(H3,18,19,23). The lowest BCUT2D eigenvalue weighted by Gasteiger charge is -2.34. The topological polar surface area (TPSA) is 131 Å². The molecule has 1 aromatic rings. The molecular weight excluding hydrogens is 388 g/mol. The zero-order chi connectivity index (χ0) is 20.7. The highest BCUT2D eigenvalue weighted by molar-refractivity contribution is 7.89. The third-order valence-electron chi connectivity index (χ3n) is 4.45. The van der Waals surface area contributed by atoms with E-state index in [-0.39, 0.29) is 30.3 Å². The van der Waals surface area contributed by atoms with E-state index in [1.165, 1.54) is 30.7 Å². The van der Waals surface area contributed by atoms with Crippen LogP contribution in [-0.2, 0) is 14.8 Å². The summed E-state index contributed by atoms with van der Waals surface area (Å²) in [5, 5.41) is 2.43. The molecule has 10 nitrogen and oxygen atoms in total. The molecule has 3 N–H and O–H groups in total. The second-order valence-corrected chi connectivity index (χ2v) is 8.13. The summed E-state index contributed by atoms with van der Waals surface area (Å²) in [6.45, 7) is 1.38. The van der Waals surface area contributed by atoms with Crippen LogP contribution in [-0.4, -0.2) is 76.5 Å². The third-order valence-corrected chi connectivity index (χ3v) is 6.35. The number of rotatable bonds is 8. The number of benzene rings is 1. The summed E-state index contributed by atoms with van der Waals surface area (Å²) in [6.07, 6.45) is 0.745. The van der Waals surface area contributed by atoms with Gasteiger partial charge in [0.2, 0.25) is 15.9 Å². The molecule has 3 amide bonds. The quantitative estimate of drug-likeness (QED) is 0.575. The minimum absolute atomic E-state index is 0.0746. The van der Waals surface area contributed by atoms with Crippen molar-refractivity contribution >= 4 is 22.0 Å². The summed E-state index contributed by atoms with van der Waals surface area (Å²) in [5.74, 6) is 0.707. The first kappa shape index (κ1) is 21.8. The highest BCUT2D eigenvalue weighted by atomic mass is 32.2. The summed E-state index contributed by atoms with van der Waals surface area (Å²) in [7, 11) is -0.780. The van der Waals surface area contributed by atoms with Gasteiger partial charge in [-0.1, -0.05) is 0 Å². The molecule has 11 heteroatoms. The molecule has 156 valence electrons. The fourth-order valence-electron chi connectivity index (χ4n) is 2.91. The lowest BCUT2D eigenvalue weighted by molar-refractivity contribution is -0.132. The van der Waals surface area contributed by atoms with Crippen LogP contribution in [0.15, 0.2) is 23.1 Å². The van der Waals surface area contributed by atoms with Gasteiger partial charge in [-0.15, -0.1) is 0 Å². The van der Waals surface area contributed by atoms with Crippen LogP contribution in [0.1, 0.15) is 12.8 Å². The molecule has 2 rings (SSSR count). The van der Waals surface area contributed by atoms with Crippen molar-refractivity contribution in [3.8, 4) is 11.5 Å². The number of sulfonamides is 1. The maximum atomic E-state index is 12.9. The predicted molar refractivity (Wildman–Crippen MR) is 102 cm³/mol. The Balaban J connectivity index is 1.94. The van der Waals surface area contributed by atoms with E-state index in [9.17, 15) is 18.0 Å². The number of carbonyl (C=O) groups excluding carboxylic acids is 2. The Hall–Kier alpha value is -2.53. The van der Waals surface area contributed by atoms with E-state index >= 15 is 0 Å². The van der Waals surface area contributed by atoms with Gasteiger partial charge in [-0.2, -0.15) is 4.31 Å². The minimum atomic E-state index is -3.70. The second kappa shape index (κ2) is 9.60. The number of hydrogen-bond acceptors (Lipinski definition) is 6. The number of methoxy groups -OCH3 is 2. The summed E-state index contributed by atoms with van der Waals surface area (Å²) in [4.78, 5) is 24.6. The largest absolute Gasteiger partial charge is 0.493 e. The molecular formula is C17H26N4O6S. The number of nitrogens with zero attached hydrogens (tertiary/aromatic N) is 2. The molecule has 0 atom stereocenters. The van der Waals surface area contributed by atoms with E-state index in [0.717, 1.165) is 0 Å². The van der Waals surface area contributed by atoms with E-state index < -0.39 is 16.1 Å². The first-order chi connectivity index (χ1) is 13.3. The summed E-state index contributed by atoms with van der Waals surface area (Å²) in [6, 6.07) is 3.82. The van der Waals surface area contributed by atoms with Gasteiger partial charge in [0, 0.05) is 45.2 Å². The van der Waals surface area contributed by atoms with Crippen molar-refractivity contribution in [2.24, 2.45) is 5.73 Å². The van der Waals surface area contributed by atoms with Crippen molar-refractivity contribution in [1.29, 1.82) is 0 Å². The van der Waals surface area contributed by atoms with Gasteiger partial charge in [-0.3, -0.25) is 4.79 Å². The van der Waals surface area contributed by atoms with Crippen molar-refractivity contribution in [3.63, 3.8) is 0 Å². The number of hydrogen-bond donors (Lipinski definition) is 2. The number of urea groups is 1. The van der Waals surface area contributed by atoms with Gasteiger partial charge >= 0.3 is 6.03 Å². The predicted octanol–water partition coefficient (Wildman–Crippen LogP) is -0.0148. The third kappa shape index (κ3) is 5.26. The monoisotopic (exact) mass is 414 g/mol. The maximum absolute atomic E-state index is 12.9. The molecule has 0 aliphatic carbocycles. The highest BCUT2D eigenvalue weighted by Gasteiger charge is 2.30. The molecule has 1 aromatic carbocycles. The Morgan fingerprint density at radius 3 is 2.32 bits per heavy atom. The fraction of sp³-hybridized carbons (Fsp3) is 0.529. The number of carbonyl (C=O) groups is 2. The van der Waals surface area contributed by atoms with Crippen LogP contribution in [0.5, 0.6) is 11.5 Å². The van der Waals surface area contributed by atoms with Crippen LogP contribution in [0.4, 0.5) is 4.79 Å². The molecule has 1 aliphatic heterocycles. The zero-order valence-electron chi connectivity index (χ0n) is 16.0. The molecule has 0 aromatic heterocycles. The Labute approximate surface area is 164 Å². The van der Waals surface area contributed by atoms with E-state index in [2.05, 4.69) is 5.32 Å². The van der Waals surface area contributed by atoms with Gasteiger partial charge in [0.05, 0.1) is 19.1 Å². The number of primary amides is 1. The number of nitrogens with one attached hydrogen (secondary N) is 1. The van der Waals surface area contributed by atoms with Crippen LogP contribution in [0.25, 0.3) is 0 Å². The van der Waals surface area contributed by atoms with Crippen LogP contribution in [0, 0.1) is 0 Å². The van der Waals surface area contributed by atoms with Gasteiger partial charge < -0.3 is 25.4 Å².